The molecule has 2 aromatic heterocycles. The Labute approximate surface area is 125 Å². The van der Waals surface area contributed by atoms with Gasteiger partial charge in [0.15, 0.2) is 0 Å². The fourth-order valence-corrected chi connectivity index (χ4v) is 3.62. The van der Waals surface area contributed by atoms with Crippen LogP contribution >= 0.6 is 11.6 Å². The largest absolute Gasteiger partial charge is 0.327 e. The molecule has 0 unspecified atom stereocenters. The minimum atomic E-state index is 0.471. The lowest BCUT2D eigenvalue weighted by Crippen LogP contribution is -2.19. The van der Waals surface area contributed by atoms with E-state index in [2.05, 4.69) is 27.5 Å². The molecule has 1 aliphatic carbocycles. The van der Waals surface area contributed by atoms with Crippen LogP contribution in [0.15, 0.2) is 18.5 Å². The normalized spacial score (nSPS) is 23.3. The van der Waals surface area contributed by atoms with Crippen molar-refractivity contribution in [2.75, 3.05) is 0 Å². The summed E-state index contributed by atoms with van der Waals surface area (Å²) < 4.78 is 2.31. The molecule has 108 valence electrons. The molecular weight excluding hydrogens is 270 g/mol. The Morgan fingerprint density at radius 1 is 1.25 bits per heavy atom. The van der Waals surface area contributed by atoms with Crippen molar-refractivity contribution in [3.8, 4) is 0 Å². The van der Waals surface area contributed by atoms with Crippen molar-refractivity contribution in [2.24, 2.45) is 11.8 Å². The first-order valence-electron chi connectivity index (χ1n) is 7.67. The first kappa shape index (κ1) is 13.9. The van der Waals surface area contributed by atoms with E-state index in [1.807, 2.05) is 12.4 Å². The zero-order valence-corrected chi connectivity index (χ0v) is 12.8. The maximum atomic E-state index is 6.06. The summed E-state index contributed by atoms with van der Waals surface area (Å²) in [6, 6.07) is 2.05. The minimum Gasteiger partial charge on any atom is -0.327 e. The van der Waals surface area contributed by atoms with Gasteiger partial charge in [0.2, 0.25) is 0 Å². The molecule has 0 amide bonds. The van der Waals surface area contributed by atoms with Crippen molar-refractivity contribution in [3.05, 3.63) is 24.3 Å². The van der Waals surface area contributed by atoms with Crippen LogP contribution in [-0.4, -0.2) is 14.5 Å². The number of halogens is 1. The number of fused-ring (bicyclic) bond motifs is 1. The Bertz CT molecular complexity index is 570. The second-order valence-electron chi connectivity index (χ2n) is 5.93. The van der Waals surface area contributed by atoms with E-state index < -0.39 is 0 Å². The van der Waals surface area contributed by atoms with Gasteiger partial charge in [0, 0.05) is 12.7 Å². The van der Waals surface area contributed by atoms with Crippen molar-refractivity contribution < 1.29 is 0 Å². The third-order valence-electron chi connectivity index (χ3n) is 4.73. The summed E-state index contributed by atoms with van der Waals surface area (Å²) in [4.78, 5) is 8.75. The highest BCUT2D eigenvalue weighted by Crippen LogP contribution is 2.32. The van der Waals surface area contributed by atoms with Gasteiger partial charge < -0.3 is 4.57 Å². The molecule has 1 saturated carbocycles. The summed E-state index contributed by atoms with van der Waals surface area (Å²) in [5.74, 6) is 3.17. The topological polar surface area (TPSA) is 30.7 Å². The number of hydrogen-bond donors (Lipinski definition) is 0. The molecule has 4 heteroatoms. The third kappa shape index (κ3) is 2.69. The van der Waals surface area contributed by atoms with Crippen LogP contribution in [-0.2, 0) is 12.4 Å². The minimum absolute atomic E-state index is 0.471. The molecule has 0 atom stereocenters. The number of rotatable bonds is 4. The van der Waals surface area contributed by atoms with Crippen LogP contribution in [0.25, 0.3) is 11.0 Å². The molecule has 0 aliphatic heterocycles. The maximum absolute atomic E-state index is 6.06. The fourth-order valence-electron chi connectivity index (χ4n) is 3.42. The summed E-state index contributed by atoms with van der Waals surface area (Å²) in [6.07, 6.45) is 10.4. The summed E-state index contributed by atoms with van der Waals surface area (Å²) in [7, 11) is 0. The van der Waals surface area contributed by atoms with Gasteiger partial charge in [-0.05, 0) is 30.7 Å². The Hall–Kier alpha value is -1.09. The van der Waals surface area contributed by atoms with E-state index in [1.54, 1.807) is 0 Å². The Kier molecular flexibility index (Phi) is 4.25. The Morgan fingerprint density at radius 2 is 2.00 bits per heavy atom. The van der Waals surface area contributed by atoms with Gasteiger partial charge in [-0.15, -0.1) is 11.6 Å². The zero-order valence-electron chi connectivity index (χ0n) is 12.1. The summed E-state index contributed by atoms with van der Waals surface area (Å²) in [6.45, 7) is 3.37. The molecule has 0 aromatic carbocycles. The molecule has 0 spiro atoms. The summed E-state index contributed by atoms with van der Waals surface area (Å²) >= 11 is 6.06. The van der Waals surface area contributed by atoms with Gasteiger partial charge in [-0.3, -0.25) is 4.98 Å². The standard InChI is InChI=1S/C16H22ClN3/c1-2-12-3-5-13(6-4-12)11-20-15-7-8-18-10-14(15)19-16(20)9-17/h7-8,10,12-13H,2-6,9,11H2,1H3. The van der Waals surface area contributed by atoms with Gasteiger partial charge in [-0.2, -0.15) is 0 Å². The van der Waals surface area contributed by atoms with Gasteiger partial charge >= 0.3 is 0 Å². The first-order chi connectivity index (χ1) is 9.81. The first-order valence-corrected chi connectivity index (χ1v) is 8.20. The molecule has 3 rings (SSSR count). The van der Waals surface area contributed by atoms with Crippen LogP contribution in [0.4, 0.5) is 0 Å². The van der Waals surface area contributed by atoms with Gasteiger partial charge in [0.05, 0.1) is 17.6 Å². The quantitative estimate of drug-likeness (QED) is 0.782. The fraction of sp³-hybridized carbons (Fsp3) is 0.625. The SMILES string of the molecule is CCC1CCC(Cn2c(CCl)nc3cnccc32)CC1. The molecule has 1 fully saturated rings. The predicted molar refractivity (Wildman–Crippen MR) is 82.8 cm³/mol. The van der Waals surface area contributed by atoms with E-state index in [0.29, 0.717) is 5.88 Å². The number of imidazole rings is 1. The van der Waals surface area contributed by atoms with Crippen LogP contribution in [0.2, 0.25) is 0 Å². The highest BCUT2D eigenvalue weighted by Gasteiger charge is 2.22. The van der Waals surface area contributed by atoms with E-state index in [1.165, 1.54) is 37.6 Å². The molecule has 2 heterocycles. The van der Waals surface area contributed by atoms with E-state index in [4.69, 9.17) is 11.6 Å². The van der Waals surface area contributed by atoms with Crippen LogP contribution in [0.1, 0.15) is 44.9 Å². The summed E-state index contributed by atoms with van der Waals surface area (Å²) in [5, 5.41) is 0. The number of aromatic nitrogens is 3. The van der Waals surface area contributed by atoms with Crippen molar-refractivity contribution in [1.82, 2.24) is 14.5 Å². The third-order valence-corrected chi connectivity index (χ3v) is 4.97. The van der Waals surface area contributed by atoms with Gasteiger partial charge in [-0.1, -0.05) is 26.2 Å². The lowest BCUT2D eigenvalue weighted by atomic mass is 9.81. The highest BCUT2D eigenvalue weighted by molar-refractivity contribution is 6.16. The molecule has 0 bridgehead atoms. The van der Waals surface area contributed by atoms with Crippen molar-refractivity contribution >= 4 is 22.6 Å². The van der Waals surface area contributed by atoms with E-state index >= 15 is 0 Å². The van der Waals surface area contributed by atoms with Crippen LogP contribution in [0.5, 0.6) is 0 Å². The van der Waals surface area contributed by atoms with E-state index in [0.717, 1.165) is 29.7 Å². The molecule has 0 radical (unpaired) electrons. The smallest absolute Gasteiger partial charge is 0.124 e. The number of nitrogens with zero attached hydrogens (tertiary/aromatic N) is 3. The molecule has 1 aliphatic rings. The number of hydrogen-bond acceptors (Lipinski definition) is 2. The van der Waals surface area contributed by atoms with Gasteiger partial charge in [0.25, 0.3) is 0 Å². The average Bonchev–Trinajstić information content (AvgIpc) is 2.86. The maximum Gasteiger partial charge on any atom is 0.124 e. The van der Waals surface area contributed by atoms with Crippen LogP contribution in [0.3, 0.4) is 0 Å². The second-order valence-corrected chi connectivity index (χ2v) is 6.20. The molecular formula is C16H22ClN3. The average molecular weight is 292 g/mol. The zero-order chi connectivity index (χ0) is 13.9. The molecule has 0 N–H and O–H groups in total. The van der Waals surface area contributed by atoms with Crippen molar-refractivity contribution in [3.63, 3.8) is 0 Å². The Balaban J connectivity index is 1.80. The molecule has 20 heavy (non-hydrogen) atoms. The molecule has 0 saturated heterocycles. The van der Waals surface area contributed by atoms with Crippen LogP contribution < -0.4 is 0 Å². The Morgan fingerprint density at radius 3 is 2.70 bits per heavy atom. The summed E-state index contributed by atoms with van der Waals surface area (Å²) in [5.41, 5.74) is 2.14. The van der Waals surface area contributed by atoms with Crippen molar-refractivity contribution in [2.45, 2.75) is 51.5 Å². The lowest BCUT2D eigenvalue weighted by Gasteiger charge is -2.28. The van der Waals surface area contributed by atoms with Gasteiger partial charge in [-0.25, -0.2) is 4.98 Å². The number of alkyl halides is 1. The van der Waals surface area contributed by atoms with Crippen LogP contribution in [0, 0.1) is 11.8 Å². The predicted octanol–water partition coefficient (Wildman–Crippen LogP) is 4.39. The molecule has 2 aromatic rings. The van der Waals surface area contributed by atoms with E-state index in [-0.39, 0.29) is 0 Å². The highest BCUT2D eigenvalue weighted by atomic mass is 35.5. The van der Waals surface area contributed by atoms with Crippen molar-refractivity contribution in [1.29, 1.82) is 0 Å². The lowest BCUT2D eigenvalue weighted by molar-refractivity contribution is 0.248. The van der Waals surface area contributed by atoms with E-state index in [9.17, 15) is 0 Å². The monoisotopic (exact) mass is 291 g/mol. The molecule has 3 nitrogen and oxygen atoms in total. The van der Waals surface area contributed by atoms with Gasteiger partial charge in [0.1, 0.15) is 11.3 Å². The number of pyridine rings is 1. The second kappa shape index (κ2) is 6.13.